The van der Waals surface area contributed by atoms with Crippen molar-refractivity contribution in [3.63, 3.8) is 0 Å². The maximum atomic E-state index is 12.8. The number of thiophene rings is 1. The molecule has 0 fully saturated rings. The second-order valence-corrected chi connectivity index (χ2v) is 11.0. The predicted molar refractivity (Wildman–Crippen MR) is 140 cm³/mol. The van der Waals surface area contributed by atoms with Gasteiger partial charge in [0.15, 0.2) is 5.82 Å². The minimum atomic E-state index is -3.85. The number of nitrogens with zero attached hydrogens (tertiary/aromatic N) is 4. The number of pyridine rings is 1. The van der Waals surface area contributed by atoms with Crippen LogP contribution in [-0.4, -0.2) is 28.6 Å². The molecule has 0 spiro atoms. The van der Waals surface area contributed by atoms with Crippen molar-refractivity contribution in [1.29, 1.82) is 5.26 Å². The zero-order valence-electron chi connectivity index (χ0n) is 18.1. The van der Waals surface area contributed by atoms with Gasteiger partial charge in [0.25, 0.3) is 10.0 Å². The first-order valence-corrected chi connectivity index (χ1v) is 13.4. The summed E-state index contributed by atoms with van der Waals surface area (Å²) in [5.74, 6) is 0.573. The summed E-state index contributed by atoms with van der Waals surface area (Å²) in [7, 11) is -3.85. The molecule has 0 aliphatic carbocycles. The number of rotatable bonds is 6. The van der Waals surface area contributed by atoms with Gasteiger partial charge in [-0.15, -0.1) is 21.5 Å². The lowest BCUT2D eigenvalue weighted by atomic mass is 9.98. The molecule has 12 heteroatoms. The van der Waals surface area contributed by atoms with Gasteiger partial charge in [-0.3, -0.25) is 4.72 Å². The summed E-state index contributed by atoms with van der Waals surface area (Å²) in [6.07, 6.45) is 2.92. The van der Waals surface area contributed by atoms with Gasteiger partial charge in [-0.1, -0.05) is 47.5 Å². The number of H-pyrrole nitrogens is 1. The first-order chi connectivity index (χ1) is 17.4. The number of aromatic amines is 1. The molecule has 0 atom stereocenters. The van der Waals surface area contributed by atoms with E-state index >= 15 is 0 Å². The molecule has 5 aromatic rings. The Labute approximate surface area is 220 Å². The summed E-state index contributed by atoms with van der Waals surface area (Å²) in [5.41, 5.74) is 2.11. The van der Waals surface area contributed by atoms with E-state index in [4.69, 9.17) is 23.2 Å². The van der Waals surface area contributed by atoms with Crippen LogP contribution in [0, 0.1) is 11.3 Å². The summed E-state index contributed by atoms with van der Waals surface area (Å²) < 4.78 is 28.1. The van der Waals surface area contributed by atoms with Crippen molar-refractivity contribution in [2.45, 2.75) is 4.90 Å². The van der Waals surface area contributed by atoms with Crippen LogP contribution in [0.4, 0.5) is 5.82 Å². The molecule has 3 aromatic heterocycles. The average Bonchev–Trinajstić information content (AvgIpc) is 3.53. The van der Waals surface area contributed by atoms with E-state index in [1.165, 1.54) is 36.0 Å². The van der Waals surface area contributed by atoms with Crippen LogP contribution in [-0.2, 0) is 10.0 Å². The van der Waals surface area contributed by atoms with Crippen LogP contribution in [0.15, 0.2) is 78.1 Å². The van der Waals surface area contributed by atoms with E-state index in [1.807, 2.05) is 0 Å². The number of hydrogen-bond donors (Lipinski definition) is 2. The van der Waals surface area contributed by atoms with E-state index in [9.17, 15) is 13.7 Å². The van der Waals surface area contributed by atoms with Crippen LogP contribution in [0.25, 0.3) is 32.3 Å². The molecule has 0 saturated heterocycles. The molecule has 0 amide bonds. The number of nitrogens with one attached hydrogen (secondary N) is 2. The van der Waals surface area contributed by atoms with E-state index in [-0.39, 0.29) is 10.7 Å². The third-order valence-corrected chi connectivity index (χ3v) is 8.33. The summed E-state index contributed by atoms with van der Waals surface area (Å²) in [4.78, 5) is 8.48. The molecule has 2 N–H and O–H groups in total. The summed E-state index contributed by atoms with van der Waals surface area (Å²) in [6, 6.07) is 18.6. The lowest BCUT2D eigenvalue weighted by molar-refractivity contribution is 0.601. The number of aromatic nitrogens is 4. The average molecular weight is 553 g/mol. The van der Waals surface area contributed by atoms with Crippen LogP contribution in [0.5, 0.6) is 0 Å². The number of halogens is 2. The van der Waals surface area contributed by atoms with Gasteiger partial charge in [-0.25, -0.2) is 13.4 Å². The Morgan fingerprint density at radius 2 is 1.83 bits per heavy atom. The first-order valence-electron chi connectivity index (χ1n) is 10.3. The maximum absolute atomic E-state index is 12.8. The molecule has 178 valence electrons. The molecule has 0 unspecified atom stereocenters. The zero-order valence-corrected chi connectivity index (χ0v) is 21.3. The molecule has 0 aliphatic rings. The van der Waals surface area contributed by atoms with Crippen molar-refractivity contribution in [2.75, 3.05) is 4.72 Å². The largest absolute Gasteiger partial charge is 0.327 e. The number of hydrogen-bond acceptors (Lipinski definition) is 7. The number of nitriles is 1. The molecular weight excluding hydrogens is 539 g/mol. The van der Waals surface area contributed by atoms with Crippen LogP contribution < -0.4 is 4.72 Å². The second kappa shape index (κ2) is 9.72. The lowest BCUT2D eigenvalue weighted by Gasteiger charge is -2.09. The Balaban J connectivity index is 1.65. The number of sulfonamides is 1. The normalized spacial score (nSPS) is 11.2. The van der Waals surface area contributed by atoms with Crippen molar-refractivity contribution in [3.05, 3.63) is 88.8 Å². The predicted octanol–water partition coefficient (Wildman–Crippen LogP) is 6.24. The summed E-state index contributed by atoms with van der Waals surface area (Å²) >= 11 is 13.9. The quantitative estimate of drug-likeness (QED) is 0.257. The third-order valence-electron chi connectivity index (χ3n) is 5.17. The number of benzene rings is 2. The first kappa shape index (κ1) is 24.0. The molecular formula is C24H14Cl2N6O2S2. The summed E-state index contributed by atoms with van der Waals surface area (Å²) in [5, 5.41) is 19.0. The van der Waals surface area contributed by atoms with E-state index in [0.717, 1.165) is 0 Å². The molecule has 3 heterocycles. The highest BCUT2D eigenvalue weighted by molar-refractivity contribution is 7.92. The van der Waals surface area contributed by atoms with Gasteiger partial charge in [0.1, 0.15) is 18.2 Å². The van der Waals surface area contributed by atoms with Crippen molar-refractivity contribution < 1.29 is 8.42 Å². The Hall–Kier alpha value is -3.75. The van der Waals surface area contributed by atoms with E-state index < -0.39 is 10.0 Å². The van der Waals surface area contributed by atoms with Gasteiger partial charge >= 0.3 is 0 Å². The van der Waals surface area contributed by atoms with Gasteiger partial charge in [-0.05, 0) is 42.0 Å². The fraction of sp³-hybridized carbons (Fsp3) is 0. The van der Waals surface area contributed by atoms with E-state index in [2.05, 4.69) is 31.0 Å². The standard InChI is InChI=1S/C24H14Cl2N6O2S2/c25-15-6-7-17(19(26)11-15)21-18(12-27)22(35-23(21)24-29-13-30-31-24)14-8-9-28-20(10-14)32-36(33,34)16-4-2-1-3-5-16/h1-11,13H,(H,28,32)(H,29,30,31). The molecule has 36 heavy (non-hydrogen) atoms. The van der Waals surface area contributed by atoms with Crippen LogP contribution >= 0.6 is 34.5 Å². The lowest BCUT2D eigenvalue weighted by Crippen LogP contribution is -2.13. The Morgan fingerprint density at radius 1 is 1.03 bits per heavy atom. The topological polar surface area (TPSA) is 124 Å². The van der Waals surface area contributed by atoms with Gasteiger partial charge in [-0.2, -0.15) is 5.26 Å². The maximum Gasteiger partial charge on any atom is 0.263 e. The zero-order chi connectivity index (χ0) is 25.3. The smallest absolute Gasteiger partial charge is 0.263 e. The fourth-order valence-electron chi connectivity index (χ4n) is 3.60. The minimum absolute atomic E-state index is 0.110. The summed E-state index contributed by atoms with van der Waals surface area (Å²) in [6.45, 7) is 0. The molecule has 0 bridgehead atoms. The second-order valence-electron chi connectivity index (χ2n) is 7.43. The highest BCUT2D eigenvalue weighted by Crippen LogP contribution is 2.48. The molecule has 5 rings (SSSR count). The Morgan fingerprint density at radius 3 is 2.53 bits per heavy atom. The highest BCUT2D eigenvalue weighted by Gasteiger charge is 2.25. The Kier molecular flexibility index (Phi) is 6.47. The van der Waals surface area contributed by atoms with Gasteiger partial charge < -0.3 is 4.98 Å². The van der Waals surface area contributed by atoms with Crippen LogP contribution in [0.3, 0.4) is 0 Å². The third kappa shape index (κ3) is 4.57. The van der Waals surface area contributed by atoms with Gasteiger partial charge in [0, 0.05) is 27.4 Å². The highest BCUT2D eigenvalue weighted by atomic mass is 35.5. The number of anilines is 1. The van der Waals surface area contributed by atoms with E-state index in [1.54, 1.807) is 48.5 Å². The minimum Gasteiger partial charge on any atom is -0.327 e. The molecule has 0 aliphatic heterocycles. The molecule has 8 nitrogen and oxygen atoms in total. The molecule has 0 radical (unpaired) electrons. The van der Waals surface area contributed by atoms with Crippen molar-refractivity contribution in [1.82, 2.24) is 20.2 Å². The molecule has 2 aromatic carbocycles. The monoisotopic (exact) mass is 552 g/mol. The molecule has 0 saturated carbocycles. The van der Waals surface area contributed by atoms with Crippen LogP contribution in [0.2, 0.25) is 10.0 Å². The fourth-order valence-corrected chi connectivity index (χ4v) is 6.33. The van der Waals surface area contributed by atoms with Gasteiger partial charge in [0.05, 0.1) is 20.2 Å². The Bertz CT molecular complexity index is 1710. The SMILES string of the molecule is N#Cc1c(-c2ccnc(NS(=O)(=O)c3ccccc3)c2)sc(-c2nnc[nH]2)c1-c1ccc(Cl)cc1Cl. The van der Waals surface area contributed by atoms with E-state index in [0.29, 0.717) is 47.9 Å². The van der Waals surface area contributed by atoms with Crippen molar-refractivity contribution >= 4 is 50.4 Å². The van der Waals surface area contributed by atoms with Crippen LogP contribution in [0.1, 0.15) is 5.56 Å². The van der Waals surface area contributed by atoms with Crippen molar-refractivity contribution in [2.24, 2.45) is 0 Å². The van der Waals surface area contributed by atoms with Gasteiger partial charge in [0.2, 0.25) is 0 Å². The van der Waals surface area contributed by atoms with Crippen molar-refractivity contribution in [3.8, 4) is 38.3 Å².